The van der Waals surface area contributed by atoms with E-state index >= 15 is 0 Å². The van der Waals surface area contributed by atoms with Crippen molar-refractivity contribution in [3.05, 3.63) is 21.4 Å². The van der Waals surface area contributed by atoms with Crippen molar-refractivity contribution in [3.63, 3.8) is 0 Å². The third-order valence-electron chi connectivity index (χ3n) is 4.82. The van der Waals surface area contributed by atoms with Crippen molar-refractivity contribution < 1.29 is 9.53 Å². The van der Waals surface area contributed by atoms with E-state index in [-0.39, 0.29) is 5.91 Å². The molecule has 0 bridgehead atoms. The third-order valence-corrected chi connectivity index (χ3v) is 6.04. The quantitative estimate of drug-likeness (QED) is 0.796. The Hall–Kier alpha value is -0.870. The highest BCUT2D eigenvalue weighted by atomic mass is 32.1. The number of hydrogen-bond acceptors (Lipinski definition) is 3. The molecule has 1 amide bonds. The maximum atomic E-state index is 12.6. The lowest BCUT2D eigenvalue weighted by atomic mass is 9.72. The van der Waals surface area contributed by atoms with Crippen LogP contribution >= 0.6 is 11.3 Å². The molecule has 2 heterocycles. The first-order valence-corrected chi connectivity index (χ1v) is 8.75. The smallest absolute Gasteiger partial charge is 0.264 e. The van der Waals surface area contributed by atoms with Crippen LogP contribution in [0.2, 0.25) is 0 Å². The van der Waals surface area contributed by atoms with E-state index in [1.807, 2.05) is 4.90 Å². The zero-order valence-corrected chi connectivity index (χ0v) is 14.1. The third kappa shape index (κ3) is 3.16. The number of carbonyl (C=O) groups excluding carboxylic acids is 1. The highest BCUT2D eigenvalue weighted by Crippen LogP contribution is 2.40. The summed E-state index contributed by atoms with van der Waals surface area (Å²) >= 11 is 1.72. The molecule has 21 heavy (non-hydrogen) atoms. The predicted molar refractivity (Wildman–Crippen MR) is 86.0 cm³/mol. The van der Waals surface area contributed by atoms with E-state index in [0.717, 1.165) is 36.7 Å². The van der Waals surface area contributed by atoms with E-state index in [2.05, 4.69) is 26.8 Å². The maximum Gasteiger partial charge on any atom is 0.264 e. The van der Waals surface area contributed by atoms with Crippen molar-refractivity contribution in [2.45, 2.75) is 40.0 Å². The van der Waals surface area contributed by atoms with E-state index in [4.69, 9.17) is 4.74 Å². The Bertz CT molecular complexity index is 523. The highest BCUT2D eigenvalue weighted by Gasteiger charge is 2.31. The number of ether oxygens (including phenoxy) is 1. The minimum absolute atomic E-state index is 0.199. The first kappa shape index (κ1) is 15.0. The number of carbonyl (C=O) groups is 1. The van der Waals surface area contributed by atoms with E-state index in [0.29, 0.717) is 18.6 Å². The van der Waals surface area contributed by atoms with Crippen molar-refractivity contribution in [1.82, 2.24) is 4.90 Å². The number of rotatable bonds is 1. The molecule has 1 saturated heterocycles. The molecule has 1 aromatic rings. The van der Waals surface area contributed by atoms with Gasteiger partial charge in [-0.2, -0.15) is 0 Å². The maximum absolute atomic E-state index is 12.6. The van der Waals surface area contributed by atoms with Gasteiger partial charge in [-0.05, 0) is 42.2 Å². The van der Waals surface area contributed by atoms with Gasteiger partial charge in [-0.1, -0.05) is 20.8 Å². The minimum atomic E-state index is 0.199. The lowest BCUT2D eigenvalue weighted by Gasteiger charge is -2.33. The van der Waals surface area contributed by atoms with Crippen LogP contribution in [0.3, 0.4) is 0 Å². The number of thiophene rings is 1. The van der Waals surface area contributed by atoms with Crippen LogP contribution < -0.4 is 0 Å². The summed E-state index contributed by atoms with van der Waals surface area (Å²) in [6, 6.07) is 2.16. The molecule has 1 aliphatic carbocycles. The fourth-order valence-corrected chi connectivity index (χ4v) is 4.47. The lowest BCUT2D eigenvalue weighted by Crippen LogP contribution is -2.40. The van der Waals surface area contributed by atoms with E-state index in [1.165, 1.54) is 16.9 Å². The monoisotopic (exact) mass is 307 g/mol. The van der Waals surface area contributed by atoms with Crippen molar-refractivity contribution in [1.29, 1.82) is 0 Å². The van der Waals surface area contributed by atoms with Crippen LogP contribution in [0, 0.1) is 11.3 Å². The van der Waals surface area contributed by atoms with Crippen LogP contribution in [-0.4, -0.2) is 37.1 Å². The number of fused-ring (bicyclic) bond motifs is 1. The molecule has 1 fully saturated rings. The van der Waals surface area contributed by atoms with Gasteiger partial charge in [0.2, 0.25) is 0 Å². The molecule has 1 atom stereocenters. The Morgan fingerprint density at radius 3 is 2.71 bits per heavy atom. The fraction of sp³-hybridized carbons (Fsp3) is 0.706. The molecule has 0 saturated carbocycles. The molecular weight excluding hydrogens is 282 g/mol. The van der Waals surface area contributed by atoms with Gasteiger partial charge in [-0.3, -0.25) is 4.79 Å². The summed E-state index contributed by atoms with van der Waals surface area (Å²) in [5.74, 6) is 0.927. The van der Waals surface area contributed by atoms with E-state index in [1.54, 1.807) is 11.3 Å². The van der Waals surface area contributed by atoms with Gasteiger partial charge >= 0.3 is 0 Å². The van der Waals surface area contributed by atoms with Crippen molar-refractivity contribution in [3.8, 4) is 0 Å². The number of amides is 1. The molecule has 0 radical (unpaired) electrons. The zero-order valence-electron chi connectivity index (χ0n) is 13.3. The Balaban J connectivity index is 1.75. The van der Waals surface area contributed by atoms with Crippen molar-refractivity contribution in [2.75, 3.05) is 26.3 Å². The Labute approximate surface area is 131 Å². The first-order chi connectivity index (χ1) is 9.95. The molecule has 4 heteroatoms. The molecule has 0 spiro atoms. The SMILES string of the molecule is CC(C)(C)[C@@H]1CCc2sc(C(=O)N3CCOCC3)cc2C1. The van der Waals surface area contributed by atoms with Gasteiger partial charge in [-0.15, -0.1) is 11.3 Å². The van der Waals surface area contributed by atoms with Gasteiger partial charge in [0.05, 0.1) is 18.1 Å². The molecule has 1 aromatic heterocycles. The summed E-state index contributed by atoms with van der Waals surface area (Å²) < 4.78 is 5.33. The fourth-order valence-electron chi connectivity index (χ4n) is 3.29. The van der Waals surface area contributed by atoms with Crippen LogP contribution in [0.5, 0.6) is 0 Å². The van der Waals surface area contributed by atoms with Gasteiger partial charge < -0.3 is 9.64 Å². The lowest BCUT2D eigenvalue weighted by molar-refractivity contribution is 0.0306. The molecule has 116 valence electrons. The predicted octanol–water partition coefficient (Wildman–Crippen LogP) is 3.37. The highest BCUT2D eigenvalue weighted by molar-refractivity contribution is 7.14. The van der Waals surface area contributed by atoms with Crippen LogP contribution in [-0.2, 0) is 17.6 Å². The molecule has 3 nitrogen and oxygen atoms in total. The minimum Gasteiger partial charge on any atom is -0.378 e. The van der Waals surface area contributed by atoms with Crippen LogP contribution in [0.1, 0.15) is 47.3 Å². The molecule has 0 aromatic carbocycles. The standard InChI is InChI=1S/C17H25NO2S/c1-17(2,3)13-4-5-14-12(10-13)11-15(21-14)16(19)18-6-8-20-9-7-18/h11,13H,4-10H2,1-3H3/t13-/m1/s1. The van der Waals surface area contributed by atoms with Gasteiger partial charge in [0.25, 0.3) is 5.91 Å². The normalized spacial score (nSPS) is 23.0. The van der Waals surface area contributed by atoms with Gasteiger partial charge in [0, 0.05) is 18.0 Å². The molecule has 0 unspecified atom stereocenters. The first-order valence-electron chi connectivity index (χ1n) is 7.94. The summed E-state index contributed by atoms with van der Waals surface area (Å²) in [5, 5.41) is 0. The van der Waals surface area contributed by atoms with Gasteiger partial charge in [0.15, 0.2) is 0 Å². The Morgan fingerprint density at radius 2 is 2.05 bits per heavy atom. The summed E-state index contributed by atoms with van der Waals surface area (Å²) in [4.78, 5) is 16.9. The molecule has 1 aliphatic heterocycles. The van der Waals surface area contributed by atoms with Gasteiger partial charge in [0.1, 0.15) is 0 Å². The van der Waals surface area contributed by atoms with E-state index < -0.39 is 0 Å². The van der Waals surface area contributed by atoms with Crippen LogP contribution in [0.25, 0.3) is 0 Å². The van der Waals surface area contributed by atoms with Crippen LogP contribution in [0.4, 0.5) is 0 Å². The number of morpholine rings is 1. The van der Waals surface area contributed by atoms with E-state index in [9.17, 15) is 4.79 Å². The number of hydrogen-bond donors (Lipinski definition) is 0. The summed E-state index contributed by atoms with van der Waals surface area (Å²) in [6.45, 7) is 9.78. The van der Waals surface area contributed by atoms with Crippen LogP contribution in [0.15, 0.2) is 6.07 Å². The molecule has 3 rings (SSSR count). The van der Waals surface area contributed by atoms with Crippen molar-refractivity contribution >= 4 is 17.2 Å². The second-order valence-electron chi connectivity index (χ2n) is 7.27. The zero-order chi connectivity index (χ0) is 15.0. The molecule has 0 N–H and O–H groups in total. The topological polar surface area (TPSA) is 29.5 Å². The Morgan fingerprint density at radius 1 is 1.33 bits per heavy atom. The summed E-state index contributed by atoms with van der Waals surface area (Å²) in [7, 11) is 0. The molecular formula is C17H25NO2S. The Kier molecular flexibility index (Phi) is 4.10. The molecule has 2 aliphatic rings. The average molecular weight is 307 g/mol. The summed E-state index contributed by atoms with van der Waals surface area (Å²) in [5.41, 5.74) is 1.77. The van der Waals surface area contributed by atoms with Gasteiger partial charge in [-0.25, -0.2) is 0 Å². The number of aryl methyl sites for hydroxylation is 1. The number of nitrogens with zero attached hydrogens (tertiary/aromatic N) is 1. The largest absolute Gasteiger partial charge is 0.378 e. The second kappa shape index (κ2) is 5.73. The second-order valence-corrected chi connectivity index (χ2v) is 8.41. The average Bonchev–Trinajstić information content (AvgIpc) is 2.89. The van der Waals surface area contributed by atoms with Crippen molar-refractivity contribution in [2.24, 2.45) is 11.3 Å². The summed E-state index contributed by atoms with van der Waals surface area (Å²) in [6.07, 6.45) is 3.52.